The number of benzene rings is 3. The summed E-state index contributed by atoms with van der Waals surface area (Å²) in [7, 11) is 1.66. The highest BCUT2D eigenvalue weighted by atomic mass is 16.5. The number of carbonyl (C=O) groups excluding carboxylic acids is 1. The van der Waals surface area contributed by atoms with Gasteiger partial charge in [0.15, 0.2) is 5.78 Å². The molecule has 3 nitrogen and oxygen atoms in total. The van der Waals surface area contributed by atoms with Gasteiger partial charge in [-0.1, -0.05) is 60.7 Å². The van der Waals surface area contributed by atoms with Gasteiger partial charge in [-0.25, -0.2) is 0 Å². The van der Waals surface area contributed by atoms with E-state index in [1.807, 2.05) is 60.7 Å². The van der Waals surface area contributed by atoms with Gasteiger partial charge in [-0.2, -0.15) is 0 Å². The Morgan fingerprint density at radius 3 is 2.31 bits per heavy atom. The number of fused-ring (bicyclic) bond motifs is 1. The fourth-order valence-electron chi connectivity index (χ4n) is 4.52. The molecule has 3 heteroatoms. The Bertz CT molecular complexity index is 1080. The van der Waals surface area contributed by atoms with Gasteiger partial charge >= 0.3 is 0 Å². The molecule has 2 atom stereocenters. The fraction of sp³-hybridized carbons (Fsp3) is 0.192. The molecule has 3 aromatic rings. The monoisotopic (exact) mass is 382 g/mol. The van der Waals surface area contributed by atoms with Crippen LogP contribution in [0.2, 0.25) is 0 Å². The summed E-state index contributed by atoms with van der Waals surface area (Å²) in [6.07, 6.45) is 1.26. The molecule has 0 bridgehead atoms. The summed E-state index contributed by atoms with van der Waals surface area (Å²) in [4.78, 5) is 13.4. The minimum atomic E-state index is -0.106. The largest absolute Gasteiger partial charge is 0.497 e. The highest BCUT2D eigenvalue weighted by molar-refractivity contribution is 6.00. The van der Waals surface area contributed by atoms with Crippen LogP contribution in [-0.4, -0.2) is 12.9 Å². The lowest BCUT2D eigenvalue weighted by Gasteiger charge is -2.35. The van der Waals surface area contributed by atoms with Crippen LogP contribution in [0.1, 0.15) is 41.4 Å². The normalized spacial score (nSPS) is 20.5. The summed E-state index contributed by atoms with van der Waals surface area (Å²) in [5.74, 6) is 2.69. The molecule has 29 heavy (non-hydrogen) atoms. The van der Waals surface area contributed by atoms with Gasteiger partial charge in [0.2, 0.25) is 0 Å². The van der Waals surface area contributed by atoms with Crippen LogP contribution < -0.4 is 9.47 Å². The van der Waals surface area contributed by atoms with Gasteiger partial charge in [0, 0.05) is 29.9 Å². The maximum Gasteiger partial charge on any atom is 0.163 e. The number of carbonyl (C=O) groups is 1. The molecule has 0 unspecified atom stereocenters. The van der Waals surface area contributed by atoms with Crippen LogP contribution in [0.4, 0.5) is 0 Å². The van der Waals surface area contributed by atoms with Crippen molar-refractivity contribution in [3.8, 4) is 11.5 Å². The Labute approximate surface area is 170 Å². The van der Waals surface area contributed by atoms with Crippen molar-refractivity contribution >= 4 is 5.78 Å². The first-order chi connectivity index (χ1) is 14.2. The first-order valence-electron chi connectivity index (χ1n) is 9.96. The predicted molar refractivity (Wildman–Crippen MR) is 112 cm³/mol. The molecule has 0 N–H and O–H groups in total. The summed E-state index contributed by atoms with van der Waals surface area (Å²) in [5, 5.41) is 0. The summed E-state index contributed by atoms with van der Waals surface area (Å²) in [5.41, 5.74) is 4.13. The third-order valence-corrected chi connectivity index (χ3v) is 5.94. The summed E-state index contributed by atoms with van der Waals surface area (Å²) >= 11 is 0. The number of Topliss-reactive ketones (excluding diaryl/α,β-unsaturated/α-hetero) is 1. The lowest BCUT2D eigenvalue weighted by Crippen LogP contribution is -2.28. The highest BCUT2D eigenvalue weighted by Crippen LogP contribution is 2.49. The Morgan fingerprint density at radius 2 is 1.55 bits per heavy atom. The molecule has 0 saturated heterocycles. The zero-order chi connectivity index (χ0) is 19.8. The van der Waals surface area contributed by atoms with Gasteiger partial charge in [-0.3, -0.25) is 4.79 Å². The number of ketones is 1. The molecular weight excluding hydrogens is 360 g/mol. The van der Waals surface area contributed by atoms with Crippen molar-refractivity contribution in [2.45, 2.75) is 24.7 Å². The Balaban J connectivity index is 1.61. The minimum absolute atomic E-state index is 0.106. The maximum atomic E-state index is 13.4. The Hall–Kier alpha value is -3.33. The molecule has 1 aliphatic heterocycles. The van der Waals surface area contributed by atoms with E-state index in [2.05, 4.69) is 18.2 Å². The maximum absolute atomic E-state index is 13.4. The van der Waals surface area contributed by atoms with E-state index in [-0.39, 0.29) is 17.6 Å². The SMILES string of the molecule is COc1ccc([C@@H]2C3=C(C[C@@H](c4ccccc4)CC3=O)Oc3ccccc32)cc1. The third-order valence-electron chi connectivity index (χ3n) is 5.94. The van der Waals surface area contributed by atoms with Crippen LogP contribution >= 0.6 is 0 Å². The average molecular weight is 382 g/mol. The molecular formula is C26H22O3. The van der Waals surface area contributed by atoms with E-state index >= 15 is 0 Å². The van der Waals surface area contributed by atoms with Crippen molar-refractivity contribution in [2.75, 3.05) is 7.11 Å². The van der Waals surface area contributed by atoms with Crippen molar-refractivity contribution < 1.29 is 14.3 Å². The molecule has 0 aromatic heterocycles. The lowest BCUT2D eigenvalue weighted by atomic mass is 9.73. The molecule has 3 aromatic carbocycles. The van der Waals surface area contributed by atoms with Crippen LogP contribution in [0, 0.1) is 0 Å². The van der Waals surface area contributed by atoms with E-state index in [0.717, 1.165) is 40.4 Å². The first kappa shape index (κ1) is 17.7. The van der Waals surface area contributed by atoms with Gasteiger partial charge in [0.05, 0.1) is 7.11 Å². The molecule has 0 radical (unpaired) electrons. The van der Waals surface area contributed by atoms with Crippen molar-refractivity contribution in [1.29, 1.82) is 0 Å². The van der Waals surface area contributed by atoms with E-state index in [0.29, 0.717) is 6.42 Å². The topological polar surface area (TPSA) is 35.5 Å². The summed E-state index contributed by atoms with van der Waals surface area (Å²) < 4.78 is 11.6. The summed E-state index contributed by atoms with van der Waals surface area (Å²) in [6, 6.07) is 26.3. The smallest absolute Gasteiger partial charge is 0.163 e. The van der Waals surface area contributed by atoms with Gasteiger partial charge in [0.1, 0.15) is 17.3 Å². The molecule has 0 saturated carbocycles. The molecule has 2 aliphatic rings. The molecule has 0 fully saturated rings. The third kappa shape index (κ3) is 3.13. The molecule has 0 amide bonds. The van der Waals surface area contributed by atoms with Crippen LogP contribution in [0.3, 0.4) is 0 Å². The first-order valence-corrected chi connectivity index (χ1v) is 9.96. The van der Waals surface area contributed by atoms with Crippen LogP contribution in [0.15, 0.2) is 90.2 Å². The van der Waals surface area contributed by atoms with Crippen LogP contribution in [-0.2, 0) is 4.79 Å². The quantitative estimate of drug-likeness (QED) is 0.590. The number of allylic oxidation sites excluding steroid dienone is 2. The van der Waals surface area contributed by atoms with Crippen molar-refractivity contribution in [2.24, 2.45) is 0 Å². The average Bonchev–Trinajstić information content (AvgIpc) is 2.78. The number of hydrogen-bond acceptors (Lipinski definition) is 3. The van der Waals surface area contributed by atoms with Crippen LogP contribution in [0.25, 0.3) is 0 Å². The Kier molecular flexibility index (Phi) is 4.44. The second-order valence-electron chi connectivity index (χ2n) is 7.62. The Morgan fingerprint density at radius 1 is 0.828 bits per heavy atom. The number of para-hydroxylation sites is 1. The second kappa shape index (κ2) is 7.25. The van der Waals surface area contributed by atoms with E-state index in [1.54, 1.807) is 7.11 Å². The van der Waals surface area contributed by atoms with Gasteiger partial charge in [0.25, 0.3) is 0 Å². The highest BCUT2D eigenvalue weighted by Gasteiger charge is 2.39. The zero-order valence-electron chi connectivity index (χ0n) is 16.3. The molecule has 1 aliphatic carbocycles. The number of methoxy groups -OCH3 is 1. The van der Waals surface area contributed by atoms with Crippen molar-refractivity contribution in [1.82, 2.24) is 0 Å². The zero-order valence-corrected chi connectivity index (χ0v) is 16.3. The predicted octanol–water partition coefficient (Wildman–Crippen LogP) is 5.62. The number of rotatable bonds is 3. The number of hydrogen-bond donors (Lipinski definition) is 0. The minimum Gasteiger partial charge on any atom is -0.497 e. The van der Waals surface area contributed by atoms with E-state index in [9.17, 15) is 4.79 Å². The fourth-order valence-corrected chi connectivity index (χ4v) is 4.52. The van der Waals surface area contributed by atoms with Crippen molar-refractivity contribution in [3.05, 3.63) is 107 Å². The van der Waals surface area contributed by atoms with E-state index in [4.69, 9.17) is 9.47 Å². The summed E-state index contributed by atoms with van der Waals surface area (Å²) in [6.45, 7) is 0. The number of ether oxygens (including phenoxy) is 2. The van der Waals surface area contributed by atoms with E-state index < -0.39 is 0 Å². The second-order valence-corrected chi connectivity index (χ2v) is 7.62. The standard InChI is InChI=1S/C26H22O3/c1-28-20-13-11-18(12-14-20)25-21-9-5-6-10-23(21)29-24-16-19(15-22(27)26(24)25)17-7-3-2-4-8-17/h2-14,19,25H,15-16H2,1H3/t19-,25-/m0/s1. The molecule has 1 heterocycles. The molecule has 5 rings (SSSR count). The van der Waals surface area contributed by atoms with E-state index in [1.165, 1.54) is 5.56 Å². The lowest BCUT2D eigenvalue weighted by molar-refractivity contribution is -0.117. The molecule has 0 spiro atoms. The van der Waals surface area contributed by atoms with Gasteiger partial charge in [-0.05, 0) is 35.2 Å². The molecule has 144 valence electrons. The van der Waals surface area contributed by atoms with Gasteiger partial charge < -0.3 is 9.47 Å². The van der Waals surface area contributed by atoms with Gasteiger partial charge in [-0.15, -0.1) is 0 Å². The van der Waals surface area contributed by atoms with Crippen molar-refractivity contribution in [3.63, 3.8) is 0 Å². The van der Waals surface area contributed by atoms with Crippen LogP contribution in [0.5, 0.6) is 11.5 Å².